The van der Waals surface area contributed by atoms with Crippen molar-refractivity contribution in [1.29, 1.82) is 0 Å². The van der Waals surface area contributed by atoms with Crippen molar-refractivity contribution in [3.63, 3.8) is 0 Å². The van der Waals surface area contributed by atoms with Crippen LogP contribution in [0.1, 0.15) is 23.8 Å². The van der Waals surface area contributed by atoms with Crippen LogP contribution in [0.4, 0.5) is 0 Å². The van der Waals surface area contributed by atoms with Gasteiger partial charge in [0.25, 0.3) is 0 Å². The fourth-order valence-corrected chi connectivity index (χ4v) is 2.01. The van der Waals surface area contributed by atoms with Gasteiger partial charge in [0.1, 0.15) is 0 Å². The third kappa shape index (κ3) is 3.08. The molecule has 104 valence electrons. The smallest absolute Gasteiger partial charge is 0.358 e. The van der Waals surface area contributed by atoms with Crippen molar-refractivity contribution in [2.24, 2.45) is 5.41 Å². The Labute approximate surface area is 110 Å². The summed E-state index contributed by atoms with van der Waals surface area (Å²) in [7, 11) is 0. The van der Waals surface area contributed by atoms with Crippen LogP contribution in [-0.2, 0) is 11.3 Å². The highest BCUT2D eigenvalue weighted by Crippen LogP contribution is 2.24. The van der Waals surface area contributed by atoms with E-state index in [9.17, 15) is 9.59 Å². The minimum atomic E-state index is -1.11. The Bertz CT molecular complexity index is 478. The first-order chi connectivity index (χ1) is 9.01. The van der Waals surface area contributed by atoms with E-state index < -0.39 is 5.97 Å². The maximum Gasteiger partial charge on any atom is 0.358 e. The summed E-state index contributed by atoms with van der Waals surface area (Å²) in [5.74, 6) is -1.10. The van der Waals surface area contributed by atoms with Gasteiger partial charge in [-0.25, -0.2) is 9.48 Å². The van der Waals surface area contributed by atoms with E-state index in [4.69, 9.17) is 5.11 Å². The Kier molecular flexibility index (Phi) is 3.79. The molecule has 19 heavy (non-hydrogen) atoms. The molecule has 2 rings (SSSR count). The van der Waals surface area contributed by atoms with Crippen molar-refractivity contribution in [1.82, 2.24) is 25.6 Å². The zero-order valence-electron chi connectivity index (χ0n) is 10.7. The molecule has 8 nitrogen and oxygen atoms in total. The van der Waals surface area contributed by atoms with Gasteiger partial charge < -0.3 is 15.7 Å². The van der Waals surface area contributed by atoms with Crippen LogP contribution >= 0.6 is 0 Å². The molecule has 3 N–H and O–H groups in total. The van der Waals surface area contributed by atoms with Gasteiger partial charge in [-0.2, -0.15) is 0 Å². The molecule has 1 atom stereocenters. The topological polar surface area (TPSA) is 109 Å². The number of hydrogen-bond acceptors (Lipinski definition) is 5. The van der Waals surface area contributed by atoms with E-state index in [2.05, 4.69) is 20.9 Å². The zero-order valence-corrected chi connectivity index (χ0v) is 10.7. The predicted molar refractivity (Wildman–Crippen MR) is 65.6 cm³/mol. The number of carboxylic acid groups (broad SMARTS) is 1. The van der Waals surface area contributed by atoms with E-state index in [0.29, 0.717) is 19.6 Å². The summed E-state index contributed by atoms with van der Waals surface area (Å²) in [6.07, 6.45) is 2.17. The predicted octanol–water partition coefficient (Wildman–Crippen LogP) is -0.908. The van der Waals surface area contributed by atoms with Crippen LogP contribution < -0.4 is 10.6 Å². The molecular weight excluding hydrogens is 250 g/mol. The maximum atomic E-state index is 12.0. The van der Waals surface area contributed by atoms with E-state index in [1.54, 1.807) is 0 Å². The van der Waals surface area contributed by atoms with E-state index in [1.165, 1.54) is 10.9 Å². The lowest BCUT2D eigenvalue weighted by molar-refractivity contribution is -0.129. The lowest BCUT2D eigenvalue weighted by atomic mass is 9.89. The number of rotatable bonds is 5. The van der Waals surface area contributed by atoms with Crippen molar-refractivity contribution in [3.05, 3.63) is 11.9 Å². The molecule has 1 aliphatic rings. The summed E-state index contributed by atoms with van der Waals surface area (Å²) in [6.45, 7) is 4.27. The van der Waals surface area contributed by atoms with Crippen molar-refractivity contribution >= 4 is 11.9 Å². The fourth-order valence-electron chi connectivity index (χ4n) is 2.01. The Hall–Kier alpha value is -1.96. The van der Waals surface area contributed by atoms with Crippen LogP contribution in [-0.4, -0.2) is 51.6 Å². The third-order valence-electron chi connectivity index (χ3n) is 3.30. The number of nitrogens with zero attached hydrogens (tertiary/aromatic N) is 3. The van der Waals surface area contributed by atoms with Crippen LogP contribution in [0.2, 0.25) is 0 Å². The van der Waals surface area contributed by atoms with Crippen LogP contribution in [0.5, 0.6) is 0 Å². The minimum absolute atomic E-state index is 0.0103. The molecule has 1 amide bonds. The van der Waals surface area contributed by atoms with Crippen molar-refractivity contribution < 1.29 is 14.7 Å². The molecule has 1 aromatic rings. The second-order valence-corrected chi connectivity index (χ2v) is 4.92. The van der Waals surface area contributed by atoms with Gasteiger partial charge in [-0.15, -0.1) is 5.10 Å². The first-order valence-electron chi connectivity index (χ1n) is 6.14. The summed E-state index contributed by atoms with van der Waals surface area (Å²) in [5.41, 5.74) is -0.451. The van der Waals surface area contributed by atoms with Gasteiger partial charge in [0.2, 0.25) is 5.91 Å². The van der Waals surface area contributed by atoms with Crippen molar-refractivity contribution in [2.75, 3.05) is 19.6 Å². The first kappa shape index (κ1) is 13.5. The van der Waals surface area contributed by atoms with E-state index in [-0.39, 0.29) is 17.0 Å². The quantitative estimate of drug-likeness (QED) is 0.637. The molecule has 1 aromatic heterocycles. The van der Waals surface area contributed by atoms with E-state index >= 15 is 0 Å². The van der Waals surface area contributed by atoms with Gasteiger partial charge in [0, 0.05) is 13.1 Å². The minimum Gasteiger partial charge on any atom is -0.476 e. The Balaban J connectivity index is 1.79. The molecule has 0 radical (unpaired) electrons. The second-order valence-electron chi connectivity index (χ2n) is 4.92. The van der Waals surface area contributed by atoms with Crippen molar-refractivity contribution in [2.45, 2.75) is 19.9 Å². The highest BCUT2D eigenvalue weighted by molar-refractivity contribution is 5.84. The van der Waals surface area contributed by atoms with Crippen LogP contribution in [0.3, 0.4) is 0 Å². The van der Waals surface area contributed by atoms with Gasteiger partial charge in [0.05, 0.1) is 18.2 Å². The molecular formula is C11H17N5O3. The summed E-state index contributed by atoms with van der Waals surface area (Å²) in [6, 6.07) is 0. The summed E-state index contributed by atoms with van der Waals surface area (Å²) < 4.78 is 1.40. The lowest BCUT2D eigenvalue weighted by Gasteiger charge is -2.21. The normalized spacial score (nSPS) is 22.4. The van der Waals surface area contributed by atoms with Crippen LogP contribution in [0.15, 0.2) is 6.20 Å². The van der Waals surface area contributed by atoms with Gasteiger partial charge in [-0.05, 0) is 19.9 Å². The number of aromatic nitrogens is 3. The molecule has 1 aliphatic heterocycles. The van der Waals surface area contributed by atoms with Crippen molar-refractivity contribution in [3.8, 4) is 0 Å². The molecule has 0 aliphatic carbocycles. The van der Waals surface area contributed by atoms with Crippen LogP contribution in [0, 0.1) is 5.41 Å². The maximum absolute atomic E-state index is 12.0. The Morgan fingerprint density at radius 3 is 3.00 bits per heavy atom. The number of carbonyl (C=O) groups is 2. The largest absolute Gasteiger partial charge is 0.476 e. The van der Waals surface area contributed by atoms with Gasteiger partial charge >= 0.3 is 5.97 Å². The zero-order chi connectivity index (χ0) is 13.9. The monoisotopic (exact) mass is 267 g/mol. The fraction of sp³-hybridized carbons (Fsp3) is 0.636. The Morgan fingerprint density at radius 1 is 1.63 bits per heavy atom. The Morgan fingerprint density at radius 2 is 2.42 bits per heavy atom. The molecule has 2 heterocycles. The molecule has 0 spiro atoms. The van der Waals surface area contributed by atoms with Gasteiger partial charge in [0.15, 0.2) is 5.69 Å². The average Bonchev–Trinajstić information content (AvgIpc) is 2.99. The lowest BCUT2D eigenvalue weighted by Crippen LogP contribution is -2.41. The average molecular weight is 267 g/mol. The number of carbonyl (C=O) groups excluding carboxylic acids is 1. The highest BCUT2D eigenvalue weighted by atomic mass is 16.4. The standard InChI is InChI=1S/C11H17N5O3/c1-11(2-3-12-7-11)10(19)13-4-5-16-6-8(9(17)18)14-15-16/h6,12H,2-5,7H2,1H3,(H,13,19)(H,17,18). The van der Waals surface area contributed by atoms with Crippen LogP contribution in [0.25, 0.3) is 0 Å². The molecule has 0 saturated carbocycles. The molecule has 1 saturated heterocycles. The molecule has 1 unspecified atom stereocenters. The summed E-state index contributed by atoms with van der Waals surface area (Å²) in [5, 5.41) is 21.9. The van der Waals surface area contributed by atoms with Gasteiger partial charge in [-0.3, -0.25) is 4.79 Å². The van der Waals surface area contributed by atoms with E-state index in [0.717, 1.165) is 13.0 Å². The number of amides is 1. The SMILES string of the molecule is CC1(C(=O)NCCn2cc(C(=O)O)nn2)CCNC1. The number of nitrogens with one attached hydrogen (secondary N) is 2. The molecule has 1 fully saturated rings. The molecule has 0 aromatic carbocycles. The summed E-state index contributed by atoms with van der Waals surface area (Å²) in [4.78, 5) is 22.6. The first-order valence-corrected chi connectivity index (χ1v) is 6.14. The third-order valence-corrected chi connectivity index (χ3v) is 3.30. The second kappa shape index (κ2) is 5.35. The number of aromatic carboxylic acids is 1. The summed E-state index contributed by atoms with van der Waals surface area (Å²) >= 11 is 0. The molecule has 0 bridgehead atoms. The van der Waals surface area contributed by atoms with Gasteiger partial charge in [-0.1, -0.05) is 5.21 Å². The highest BCUT2D eigenvalue weighted by Gasteiger charge is 2.35. The molecule has 8 heteroatoms. The number of hydrogen-bond donors (Lipinski definition) is 3. The number of carboxylic acids is 1. The van der Waals surface area contributed by atoms with E-state index in [1.807, 2.05) is 6.92 Å².